The zero-order valence-corrected chi connectivity index (χ0v) is 12.3. The molecule has 0 aromatic heterocycles. The summed E-state index contributed by atoms with van der Waals surface area (Å²) in [6.45, 7) is 12.2. The Bertz CT molecular complexity index is 226. The summed E-state index contributed by atoms with van der Waals surface area (Å²) in [6.07, 6.45) is 6.90. The van der Waals surface area contributed by atoms with Crippen LogP contribution in [0.15, 0.2) is 0 Å². The van der Waals surface area contributed by atoms with E-state index in [1.807, 2.05) is 0 Å². The predicted molar refractivity (Wildman–Crippen MR) is 78.0 cm³/mol. The van der Waals surface area contributed by atoms with E-state index in [4.69, 9.17) is 0 Å². The van der Waals surface area contributed by atoms with E-state index in [2.05, 4.69) is 29.0 Å². The molecule has 0 saturated carbocycles. The van der Waals surface area contributed by atoms with Crippen molar-refractivity contribution < 1.29 is 0 Å². The number of hydrogen-bond acceptors (Lipinski definition) is 3. The van der Waals surface area contributed by atoms with Gasteiger partial charge in [-0.2, -0.15) is 0 Å². The molecule has 0 bridgehead atoms. The van der Waals surface area contributed by atoms with Crippen molar-refractivity contribution in [2.24, 2.45) is 0 Å². The first kappa shape index (κ1) is 14.3. The van der Waals surface area contributed by atoms with E-state index in [-0.39, 0.29) is 0 Å². The van der Waals surface area contributed by atoms with Crippen molar-refractivity contribution in [3.63, 3.8) is 0 Å². The summed E-state index contributed by atoms with van der Waals surface area (Å²) in [5, 5.41) is 3.64. The third kappa shape index (κ3) is 3.94. The van der Waals surface area contributed by atoms with Gasteiger partial charge >= 0.3 is 0 Å². The summed E-state index contributed by atoms with van der Waals surface area (Å²) in [7, 11) is 0. The lowest BCUT2D eigenvalue weighted by Gasteiger charge is -2.32. The van der Waals surface area contributed by atoms with Crippen LogP contribution >= 0.6 is 0 Å². The number of likely N-dealkylation sites (N-methyl/N-ethyl adjacent to an activating group) is 1. The fourth-order valence-corrected chi connectivity index (χ4v) is 3.55. The van der Waals surface area contributed by atoms with Gasteiger partial charge in [-0.1, -0.05) is 13.8 Å². The van der Waals surface area contributed by atoms with Crippen LogP contribution in [0.1, 0.15) is 46.0 Å². The molecule has 0 aromatic rings. The summed E-state index contributed by atoms with van der Waals surface area (Å²) in [6, 6.07) is 1.59. The van der Waals surface area contributed by atoms with Crippen LogP contribution < -0.4 is 5.32 Å². The van der Waals surface area contributed by atoms with E-state index in [0.29, 0.717) is 0 Å². The average Bonchev–Trinajstić information content (AvgIpc) is 2.79. The van der Waals surface area contributed by atoms with E-state index in [1.165, 1.54) is 71.4 Å². The molecule has 2 aliphatic rings. The molecule has 106 valence electrons. The summed E-state index contributed by atoms with van der Waals surface area (Å²) in [5.74, 6) is 0. The normalized spacial score (nSPS) is 30.8. The maximum atomic E-state index is 3.64. The van der Waals surface area contributed by atoms with E-state index < -0.39 is 0 Å². The third-order valence-corrected chi connectivity index (χ3v) is 4.78. The standard InChI is InChI=1S/C15H31N3/c1-3-17-11-6-8-15(9-12-17)18(4-2)13-14-7-5-10-16-14/h14-16H,3-13H2,1-2H3. The van der Waals surface area contributed by atoms with Crippen LogP contribution in [0.3, 0.4) is 0 Å². The summed E-state index contributed by atoms with van der Waals surface area (Å²) in [5.41, 5.74) is 0. The van der Waals surface area contributed by atoms with Gasteiger partial charge in [-0.15, -0.1) is 0 Å². The topological polar surface area (TPSA) is 18.5 Å². The van der Waals surface area contributed by atoms with Gasteiger partial charge < -0.3 is 10.2 Å². The molecule has 2 unspecified atom stereocenters. The lowest BCUT2D eigenvalue weighted by molar-refractivity contribution is 0.171. The molecular weight excluding hydrogens is 222 g/mol. The molecule has 1 N–H and O–H groups in total. The Morgan fingerprint density at radius 3 is 2.67 bits per heavy atom. The van der Waals surface area contributed by atoms with Crippen LogP contribution in [-0.4, -0.2) is 61.2 Å². The molecule has 2 saturated heterocycles. The lowest BCUT2D eigenvalue weighted by atomic mass is 10.1. The van der Waals surface area contributed by atoms with Gasteiger partial charge in [0.2, 0.25) is 0 Å². The van der Waals surface area contributed by atoms with Crippen LogP contribution in [0.25, 0.3) is 0 Å². The second-order valence-electron chi connectivity index (χ2n) is 5.90. The van der Waals surface area contributed by atoms with E-state index in [1.54, 1.807) is 0 Å². The molecular formula is C15H31N3. The molecule has 2 heterocycles. The Kier molecular flexibility index (Phi) is 5.93. The first-order chi connectivity index (χ1) is 8.83. The Labute approximate surface area is 113 Å². The van der Waals surface area contributed by atoms with Crippen LogP contribution in [-0.2, 0) is 0 Å². The molecule has 18 heavy (non-hydrogen) atoms. The number of nitrogens with zero attached hydrogens (tertiary/aromatic N) is 2. The van der Waals surface area contributed by atoms with Gasteiger partial charge in [0.05, 0.1) is 0 Å². The molecule has 0 aromatic carbocycles. The third-order valence-electron chi connectivity index (χ3n) is 4.78. The second-order valence-corrected chi connectivity index (χ2v) is 5.90. The fraction of sp³-hybridized carbons (Fsp3) is 1.00. The number of rotatable bonds is 5. The SMILES string of the molecule is CCN1CCCC(N(CC)CC2CCCN2)CC1. The van der Waals surface area contributed by atoms with E-state index >= 15 is 0 Å². The maximum Gasteiger partial charge on any atom is 0.0195 e. The van der Waals surface area contributed by atoms with Crippen molar-refractivity contribution in [2.75, 3.05) is 39.3 Å². The number of nitrogens with one attached hydrogen (secondary N) is 1. The Hall–Kier alpha value is -0.120. The summed E-state index contributed by atoms with van der Waals surface area (Å²) >= 11 is 0. The number of hydrogen-bond donors (Lipinski definition) is 1. The average molecular weight is 253 g/mol. The Balaban J connectivity index is 1.82. The zero-order valence-electron chi connectivity index (χ0n) is 12.3. The highest BCUT2D eigenvalue weighted by Crippen LogP contribution is 2.18. The van der Waals surface area contributed by atoms with Crippen LogP contribution in [0.4, 0.5) is 0 Å². The zero-order chi connectivity index (χ0) is 12.8. The van der Waals surface area contributed by atoms with E-state index in [9.17, 15) is 0 Å². The van der Waals surface area contributed by atoms with Gasteiger partial charge in [0, 0.05) is 18.6 Å². The van der Waals surface area contributed by atoms with Crippen LogP contribution in [0, 0.1) is 0 Å². The molecule has 2 aliphatic heterocycles. The largest absolute Gasteiger partial charge is 0.313 e. The Morgan fingerprint density at radius 2 is 2.00 bits per heavy atom. The highest BCUT2D eigenvalue weighted by molar-refractivity contribution is 4.83. The summed E-state index contributed by atoms with van der Waals surface area (Å²) < 4.78 is 0. The molecule has 2 rings (SSSR count). The highest BCUT2D eigenvalue weighted by atomic mass is 15.2. The van der Waals surface area contributed by atoms with Gasteiger partial charge in [-0.05, 0) is 64.8 Å². The van der Waals surface area contributed by atoms with Gasteiger partial charge in [0.25, 0.3) is 0 Å². The molecule has 0 aliphatic carbocycles. The quantitative estimate of drug-likeness (QED) is 0.808. The molecule has 0 spiro atoms. The molecule has 0 amide bonds. The maximum absolute atomic E-state index is 3.64. The van der Waals surface area contributed by atoms with Crippen molar-refractivity contribution in [1.29, 1.82) is 0 Å². The van der Waals surface area contributed by atoms with Crippen LogP contribution in [0.5, 0.6) is 0 Å². The first-order valence-electron chi connectivity index (χ1n) is 8.03. The van der Waals surface area contributed by atoms with Gasteiger partial charge in [-0.25, -0.2) is 0 Å². The minimum atomic E-state index is 0.760. The van der Waals surface area contributed by atoms with Crippen LogP contribution in [0.2, 0.25) is 0 Å². The number of likely N-dealkylation sites (tertiary alicyclic amines) is 1. The molecule has 3 nitrogen and oxygen atoms in total. The molecule has 2 atom stereocenters. The van der Waals surface area contributed by atoms with Crippen molar-refractivity contribution in [3.05, 3.63) is 0 Å². The summed E-state index contributed by atoms with van der Waals surface area (Å²) in [4.78, 5) is 5.35. The molecule has 2 fully saturated rings. The monoisotopic (exact) mass is 253 g/mol. The minimum Gasteiger partial charge on any atom is -0.313 e. The smallest absolute Gasteiger partial charge is 0.0195 e. The first-order valence-corrected chi connectivity index (χ1v) is 8.03. The highest BCUT2D eigenvalue weighted by Gasteiger charge is 2.24. The lowest BCUT2D eigenvalue weighted by Crippen LogP contribution is -2.43. The van der Waals surface area contributed by atoms with Crippen molar-refractivity contribution in [1.82, 2.24) is 15.1 Å². The van der Waals surface area contributed by atoms with Crippen molar-refractivity contribution in [3.8, 4) is 0 Å². The second kappa shape index (κ2) is 7.46. The molecule has 3 heteroatoms. The molecule has 0 radical (unpaired) electrons. The van der Waals surface area contributed by atoms with Gasteiger partial charge in [0.15, 0.2) is 0 Å². The van der Waals surface area contributed by atoms with Crippen molar-refractivity contribution in [2.45, 2.75) is 58.0 Å². The van der Waals surface area contributed by atoms with Gasteiger partial charge in [-0.3, -0.25) is 4.90 Å². The fourth-order valence-electron chi connectivity index (χ4n) is 3.55. The van der Waals surface area contributed by atoms with E-state index in [0.717, 1.165) is 12.1 Å². The Morgan fingerprint density at radius 1 is 1.11 bits per heavy atom. The minimum absolute atomic E-state index is 0.760. The van der Waals surface area contributed by atoms with Crippen molar-refractivity contribution >= 4 is 0 Å². The van der Waals surface area contributed by atoms with Gasteiger partial charge in [0.1, 0.15) is 0 Å². The predicted octanol–water partition coefficient (Wildman–Crippen LogP) is 1.93.